The van der Waals surface area contributed by atoms with Gasteiger partial charge in [0.15, 0.2) is 0 Å². The second kappa shape index (κ2) is 4.48. The van der Waals surface area contributed by atoms with Gasteiger partial charge in [-0.1, -0.05) is 54.6 Å². The second-order valence-corrected chi connectivity index (χ2v) is 5.40. The lowest BCUT2D eigenvalue weighted by Crippen LogP contribution is -2.46. The van der Waals surface area contributed by atoms with Crippen molar-refractivity contribution in [2.24, 2.45) is 0 Å². The van der Waals surface area contributed by atoms with Gasteiger partial charge in [-0.2, -0.15) is 0 Å². The third-order valence-electron chi connectivity index (χ3n) is 4.25. The molecule has 2 aromatic rings. The van der Waals surface area contributed by atoms with E-state index in [0.29, 0.717) is 12.6 Å². The fourth-order valence-electron chi connectivity index (χ4n) is 3.02. The normalized spacial score (nSPS) is 27.0. The van der Waals surface area contributed by atoms with Crippen LogP contribution in [0.2, 0.25) is 0 Å². The summed E-state index contributed by atoms with van der Waals surface area (Å²) in [5, 5.41) is 11.2. The molecule has 0 aromatic heterocycles. The van der Waals surface area contributed by atoms with Crippen LogP contribution in [0.5, 0.6) is 0 Å². The number of hydrogen-bond acceptors (Lipinski definition) is 2. The zero-order valence-corrected chi connectivity index (χ0v) is 11.4. The van der Waals surface area contributed by atoms with E-state index >= 15 is 0 Å². The van der Waals surface area contributed by atoms with E-state index in [1.54, 1.807) is 0 Å². The Labute approximate surface area is 114 Å². The molecule has 98 valence electrons. The summed E-state index contributed by atoms with van der Waals surface area (Å²) in [6.07, 6.45) is 0. The van der Waals surface area contributed by atoms with E-state index in [9.17, 15) is 5.11 Å². The molecule has 0 saturated heterocycles. The Kier molecular flexibility index (Phi) is 2.92. The molecule has 1 aliphatic heterocycles. The molecular formula is C17H19NO. The molecule has 0 fully saturated rings. The van der Waals surface area contributed by atoms with Crippen LogP contribution in [0.1, 0.15) is 29.7 Å². The minimum Gasteiger partial charge on any atom is -0.379 e. The number of hydrogen-bond donors (Lipinski definition) is 1. The van der Waals surface area contributed by atoms with E-state index in [0.717, 1.165) is 11.1 Å². The highest BCUT2D eigenvalue weighted by Gasteiger charge is 2.40. The van der Waals surface area contributed by atoms with Crippen molar-refractivity contribution in [3.8, 4) is 0 Å². The van der Waals surface area contributed by atoms with Gasteiger partial charge in [-0.05, 0) is 30.7 Å². The Balaban J connectivity index is 2.20. The van der Waals surface area contributed by atoms with Crippen LogP contribution in [-0.4, -0.2) is 23.6 Å². The zero-order valence-electron chi connectivity index (χ0n) is 11.4. The van der Waals surface area contributed by atoms with Gasteiger partial charge in [0.1, 0.15) is 5.60 Å². The van der Waals surface area contributed by atoms with Gasteiger partial charge in [0.05, 0.1) is 0 Å². The number of aliphatic hydroxyl groups is 1. The first-order valence-electron chi connectivity index (χ1n) is 6.70. The third kappa shape index (κ3) is 1.88. The average Bonchev–Trinajstić information content (AvgIpc) is 2.46. The molecule has 1 aliphatic rings. The molecule has 0 bridgehead atoms. The summed E-state index contributed by atoms with van der Waals surface area (Å²) in [4.78, 5) is 2.20. The van der Waals surface area contributed by atoms with Gasteiger partial charge in [0.25, 0.3) is 0 Å². The first kappa shape index (κ1) is 12.4. The summed E-state index contributed by atoms with van der Waals surface area (Å²) in [6.45, 7) is 2.80. The SMILES string of the molecule is CC1c2ccccc2C(O)(c2ccccc2)CN1C. The van der Waals surface area contributed by atoms with Crippen LogP contribution in [0.15, 0.2) is 54.6 Å². The van der Waals surface area contributed by atoms with Crippen LogP contribution in [0.25, 0.3) is 0 Å². The van der Waals surface area contributed by atoms with Crippen molar-refractivity contribution in [2.45, 2.75) is 18.6 Å². The predicted octanol–water partition coefficient (Wildman–Crippen LogP) is 2.93. The molecule has 19 heavy (non-hydrogen) atoms. The highest BCUT2D eigenvalue weighted by molar-refractivity contribution is 5.44. The molecule has 1 N–H and O–H groups in total. The largest absolute Gasteiger partial charge is 0.379 e. The maximum Gasteiger partial charge on any atom is 0.128 e. The molecule has 0 radical (unpaired) electrons. The lowest BCUT2D eigenvalue weighted by atomic mass is 9.78. The van der Waals surface area contributed by atoms with Gasteiger partial charge in [-0.25, -0.2) is 0 Å². The van der Waals surface area contributed by atoms with Crippen molar-refractivity contribution < 1.29 is 5.11 Å². The lowest BCUT2D eigenvalue weighted by molar-refractivity contribution is 0.0161. The molecule has 3 rings (SSSR count). The Morgan fingerprint density at radius 2 is 1.68 bits per heavy atom. The summed E-state index contributed by atoms with van der Waals surface area (Å²) in [6, 6.07) is 18.5. The van der Waals surface area contributed by atoms with Gasteiger partial charge in [-0.3, -0.25) is 4.90 Å². The van der Waals surface area contributed by atoms with E-state index in [-0.39, 0.29) is 0 Å². The molecular weight excluding hydrogens is 234 g/mol. The van der Waals surface area contributed by atoms with E-state index in [2.05, 4.69) is 24.9 Å². The summed E-state index contributed by atoms with van der Waals surface area (Å²) >= 11 is 0. The van der Waals surface area contributed by atoms with Crippen LogP contribution >= 0.6 is 0 Å². The molecule has 2 aromatic carbocycles. The Morgan fingerprint density at radius 3 is 2.42 bits per heavy atom. The van der Waals surface area contributed by atoms with Gasteiger partial charge in [-0.15, -0.1) is 0 Å². The van der Waals surface area contributed by atoms with Crippen molar-refractivity contribution in [3.63, 3.8) is 0 Å². The Morgan fingerprint density at radius 1 is 1.05 bits per heavy atom. The Bertz CT molecular complexity index is 581. The monoisotopic (exact) mass is 253 g/mol. The van der Waals surface area contributed by atoms with Crippen molar-refractivity contribution in [1.82, 2.24) is 4.90 Å². The van der Waals surface area contributed by atoms with Crippen LogP contribution < -0.4 is 0 Å². The molecule has 0 amide bonds. The first-order chi connectivity index (χ1) is 9.13. The predicted molar refractivity (Wildman–Crippen MR) is 76.9 cm³/mol. The average molecular weight is 253 g/mol. The topological polar surface area (TPSA) is 23.5 Å². The molecule has 0 saturated carbocycles. The zero-order chi connectivity index (χ0) is 13.5. The molecule has 2 unspecified atom stereocenters. The lowest BCUT2D eigenvalue weighted by Gasteiger charge is -2.43. The number of β-amino-alcohol motifs (C(OH)–C–C–N with tert-alkyl or cyclic N) is 1. The Hall–Kier alpha value is -1.64. The first-order valence-corrected chi connectivity index (χ1v) is 6.70. The summed E-state index contributed by atoms with van der Waals surface area (Å²) in [5.74, 6) is 0. The fraction of sp³-hybridized carbons (Fsp3) is 0.294. The van der Waals surface area contributed by atoms with Gasteiger partial charge in [0, 0.05) is 12.6 Å². The van der Waals surface area contributed by atoms with Gasteiger partial charge >= 0.3 is 0 Å². The van der Waals surface area contributed by atoms with E-state index in [4.69, 9.17) is 0 Å². The number of benzene rings is 2. The minimum absolute atomic E-state index is 0.334. The number of rotatable bonds is 1. The standard InChI is InChI=1S/C17H19NO/c1-13-15-10-6-7-11-16(15)17(19,12-18(13)2)14-8-4-3-5-9-14/h3-11,13,19H,12H2,1-2H3. The van der Waals surface area contributed by atoms with Crippen LogP contribution in [0, 0.1) is 0 Å². The maximum atomic E-state index is 11.2. The quantitative estimate of drug-likeness (QED) is 0.844. The molecule has 1 heterocycles. The summed E-state index contributed by atoms with van der Waals surface area (Å²) in [7, 11) is 2.06. The summed E-state index contributed by atoms with van der Waals surface area (Å²) in [5.41, 5.74) is 2.29. The minimum atomic E-state index is -0.918. The van der Waals surface area contributed by atoms with E-state index < -0.39 is 5.60 Å². The number of likely N-dealkylation sites (N-methyl/N-ethyl adjacent to an activating group) is 1. The van der Waals surface area contributed by atoms with E-state index in [1.807, 2.05) is 48.5 Å². The molecule has 2 heteroatoms. The van der Waals surface area contributed by atoms with E-state index in [1.165, 1.54) is 5.56 Å². The van der Waals surface area contributed by atoms with Crippen molar-refractivity contribution >= 4 is 0 Å². The maximum absolute atomic E-state index is 11.2. The third-order valence-corrected chi connectivity index (χ3v) is 4.25. The van der Waals surface area contributed by atoms with Crippen LogP contribution in [0.3, 0.4) is 0 Å². The van der Waals surface area contributed by atoms with Crippen LogP contribution in [-0.2, 0) is 5.60 Å². The van der Waals surface area contributed by atoms with Gasteiger partial charge < -0.3 is 5.11 Å². The van der Waals surface area contributed by atoms with Crippen molar-refractivity contribution in [3.05, 3.63) is 71.3 Å². The van der Waals surface area contributed by atoms with Crippen LogP contribution in [0.4, 0.5) is 0 Å². The smallest absolute Gasteiger partial charge is 0.128 e. The van der Waals surface area contributed by atoms with Crippen molar-refractivity contribution in [2.75, 3.05) is 13.6 Å². The fourth-order valence-corrected chi connectivity index (χ4v) is 3.02. The summed E-state index contributed by atoms with van der Waals surface area (Å²) < 4.78 is 0. The molecule has 2 nitrogen and oxygen atoms in total. The number of nitrogens with zero attached hydrogens (tertiary/aromatic N) is 1. The molecule has 2 atom stereocenters. The second-order valence-electron chi connectivity index (χ2n) is 5.40. The van der Waals surface area contributed by atoms with Crippen molar-refractivity contribution in [1.29, 1.82) is 0 Å². The van der Waals surface area contributed by atoms with Gasteiger partial charge in [0.2, 0.25) is 0 Å². The molecule has 0 aliphatic carbocycles. The highest BCUT2D eigenvalue weighted by Crippen LogP contribution is 2.41. The highest BCUT2D eigenvalue weighted by atomic mass is 16.3. The molecule has 0 spiro atoms. The number of fused-ring (bicyclic) bond motifs is 1.